The first-order valence-corrected chi connectivity index (χ1v) is 8.42. The second-order valence-corrected chi connectivity index (χ2v) is 6.54. The van der Waals surface area contributed by atoms with Crippen LogP contribution in [0.3, 0.4) is 0 Å². The zero-order chi connectivity index (χ0) is 18.3. The summed E-state index contributed by atoms with van der Waals surface area (Å²) in [5, 5.41) is 4.17. The molecule has 0 bridgehead atoms. The minimum atomic E-state index is -0.307. The van der Waals surface area contributed by atoms with Gasteiger partial charge in [0.15, 0.2) is 0 Å². The Morgan fingerprint density at radius 1 is 1.08 bits per heavy atom. The second kappa shape index (κ2) is 6.36. The van der Waals surface area contributed by atoms with Crippen LogP contribution >= 0.6 is 0 Å². The molecular weight excluding hydrogens is 339 g/mol. The Kier molecular flexibility index (Phi) is 4.02. The van der Waals surface area contributed by atoms with E-state index in [0.717, 1.165) is 11.1 Å². The lowest BCUT2D eigenvalue weighted by atomic mass is 10.1. The van der Waals surface area contributed by atoms with Crippen molar-refractivity contribution in [1.82, 2.24) is 19.6 Å². The Morgan fingerprint density at radius 3 is 2.38 bits per heavy atom. The zero-order valence-corrected chi connectivity index (χ0v) is 14.0. The van der Waals surface area contributed by atoms with Gasteiger partial charge in [-0.05, 0) is 17.7 Å². The van der Waals surface area contributed by atoms with Gasteiger partial charge < -0.3 is 4.90 Å². The van der Waals surface area contributed by atoms with Crippen LogP contribution in [-0.2, 0) is 20.9 Å². The molecule has 1 aromatic heterocycles. The standard InChI is InChI=1S/C18H17FN4O3/c19-14-3-1-12(2-4-14)13-7-20-22(8-13)11-18(26)21-9-15(10-21)23-16(24)5-6-17(23)25/h1-4,7-8,15H,5-6,9-11H2. The van der Waals surface area contributed by atoms with Gasteiger partial charge in [0.1, 0.15) is 12.4 Å². The monoisotopic (exact) mass is 356 g/mol. The van der Waals surface area contributed by atoms with Crippen molar-refractivity contribution in [3.8, 4) is 11.1 Å². The Bertz CT molecular complexity index is 855. The first kappa shape index (κ1) is 16.4. The number of imide groups is 1. The summed E-state index contributed by atoms with van der Waals surface area (Å²) in [7, 11) is 0. The molecule has 134 valence electrons. The molecule has 1 aromatic carbocycles. The van der Waals surface area contributed by atoms with E-state index in [4.69, 9.17) is 0 Å². The minimum absolute atomic E-state index is 0.0792. The van der Waals surface area contributed by atoms with Crippen molar-refractivity contribution in [2.24, 2.45) is 0 Å². The third-order valence-corrected chi connectivity index (χ3v) is 4.78. The van der Waals surface area contributed by atoms with E-state index in [1.165, 1.54) is 21.7 Å². The molecular formula is C18H17FN4O3. The molecule has 3 heterocycles. The normalized spacial score (nSPS) is 17.7. The maximum Gasteiger partial charge on any atom is 0.244 e. The van der Waals surface area contributed by atoms with Crippen molar-refractivity contribution in [3.63, 3.8) is 0 Å². The Hall–Kier alpha value is -3.03. The van der Waals surface area contributed by atoms with Crippen LogP contribution in [-0.4, -0.2) is 56.4 Å². The summed E-state index contributed by atoms with van der Waals surface area (Å²) in [6, 6.07) is 5.86. The number of benzene rings is 1. The lowest BCUT2D eigenvalue weighted by Gasteiger charge is -2.42. The molecule has 8 heteroatoms. The van der Waals surface area contributed by atoms with Crippen molar-refractivity contribution in [1.29, 1.82) is 0 Å². The third-order valence-electron chi connectivity index (χ3n) is 4.78. The smallest absolute Gasteiger partial charge is 0.244 e. The second-order valence-electron chi connectivity index (χ2n) is 6.54. The van der Waals surface area contributed by atoms with E-state index >= 15 is 0 Å². The molecule has 0 N–H and O–H groups in total. The quantitative estimate of drug-likeness (QED) is 0.768. The fourth-order valence-electron chi connectivity index (χ4n) is 3.30. The van der Waals surface area contributed by atoms with Gasteiger partial charge in [-0.1, -0.05) is 12.1 Å². The molecule has 2 aromatic rings. The van der Waals surface area contributed by atoms with Crippen molar-refractivity contribution in [2.45, 2.75) is 25.4 Å². The zero-order valence-electron chi connectivity index (χ0n) is 14.0. The van der Waals surface area contributed by atoms with Crippen LogP contribution in [0.5, 0.6) is 0 Å². The van der Waals surface area contributed by atoms with Crippen LogP contribution in [0.4, 0.5) is 4.39 Å². The molecule has 4 rings (SSSR count). The molecule has 7 nitrogen and oxygen atoms in total. The summed E-state index contributed by atoms with van der Waals surface area (Å²) in [5.74, 6) is -0.723. The van der Waals surface area contributed by atoms with Gasteiger partial charge in [-0.3, -0.25) is 24.0 Å². The summed E-state index contributed by atoms with van der Waals surface area (Å²) in [4.78, 5) is 38.7. The fraction of sp³-hybridized carbons (Fsp3) is 0.333. The molecule has 26 heavy (non-hydrogen) atoms. The van der Waals surface area contributed by atoms with E-state index in [-0.39, 0.29) is 49.0 Å². The number of amides is 3. The van der Waals surface area contributed by atoms with Gasteiger partial charge in [0.05, 0.1) is 12.2 Å². The van der Waals surface area contributed by atoms with E-state index in [2.05, 4.69) is 5.10 Å². The number of nitrogens with zero attached hydrogens (tertiary/aromatic N) is 4. The highest BCUT2D eigenvalue weighted by Gasteiger charge is 2.42. The number of hydrogen-bond donors (Lipinski definition) is 0. The largest absolute Gasteiger partial charge is 0.337 e. The highest BCUT2D eigenvalue weighted by atomic mass is 19.1. The predicted octanol–water partition coefficient (Wildman–Crippen LogP) is 1.05. The van der Waals surface area contributed by atoms with Gasteiger partial charge >= 0.3 is 0 Å². The molecule has 2 saturated heterocycles. The summed E-state index contributed by atoms with van der Waals surface area (Å²) >= 11 is 0. The van der Waals surface area contributed by atoms with Crippen LogP contribution in [0.2, 0.25) is 0 Å². The molecule has 2 aliphatic rings. The topological polar surface area (TPSA) is 75.5 Å². The molecule has 0 radical (unpaired) electrons. The van der Waals surface area contributed by atoms with Gasteiger partial charge in [0.2, 0.25) is 17.7 Å². The number of likely N-dealkylation sites (tertiary alicyclic amines) is 2. The minimum Gasteiger partial charge on any atom is -0.337 e. The average molecular weight is 356 g/mol. The van der Waals surface area contributed by atoms with E-state index in [1.807, 2.05) is 0 Å². The van der Waals surface area contributed by atoms with Crippen LogP contribution < -0.4 is 0 Å². The summed E-state index contributed by atoms with van der Waals surface area (Å²) in [5.41, 5.74) is 1.62. The number of carbonyl (C=O) groups is 3. The van der Waals surface area contributed by atoms with Gasteiger partial charge in [-0.15, -0.1) is 0 Å². The first-order valence-electron chi connectivity index (χ1n) is 8.42. The predicted molar refractivity (Wildman–Crippen MR) is 89.1 cm³/mol. The van der Waals surface area contributed by atoms with Gasteiger partial charge in [0.25, 0.3) is 0 Å². The first-order chi connectivity index (χ1) is 12.5. The van der Waals surface area contributed by atoms with Gasteiger partial charge in [0, 0.05) is 37.7 Å². The number of aromatic nitrogens is 2. The van der Waals surface area contributed by atoms with E-state index in [0.29, 0.717) is 13.1 Å². The highest BCUT2D eigenvalue weighted by molar-refractivity contribution is 6.02. The Morgan fingerprint density at radius 2 is 1.73 bits per heavy atom. The number of halogens is 1. The number of carbonyl (C=O) groups excluding carboxylic acids is 3. The molecule has 0 saturated carbocycles. The summed E-state index contributed by atoms with van der Waals surface area (Å²) in [6.07, 6.45) is 3.89. The lowest BCUT2D eigenvalue weighted by molar-refractivity contribution is -0.152. The number of rotatable bonds is 4. The van der Waals surface area contributed by atoms with Crippen LogP contribution in [0.25, 0.3) is 11.1 Å². The maximum absolute atomic E-state index is 13.0. The number of hydrogen-bond acceptors (Lipinski definition) is 4. The molecule has 2 aliphatic heterocycles. The molecule has 0 aliphatic carbocycles. The van der Waals surface area contributed by atoms with Crippen LogP contribution in [0, 0.1) is 5.82 Å². The summed E-state index contributed by atoms with van der Waals surface area (Å²) < 4.78 is 14.5. The molecule has 0 unspecified atom stereocenters. The highest BCUT2D eigenvalue weighted by Crippen LogP contribution is 2.23. The van der Waals surface area contributed by atoms with Crippen LogP contribution in [0.15, 0.2) is 36.7 Å². The molecule has 3 amide bonds. The molecule has 0 spiro atoms. The average Bonchev–Trinajstić information content (AvgIpc) is 3.16. The van der Waals surface area contributed by atoms with Crippen molar-refractivity contribution in [2.75, 3.05) is 13.1 Å². The van der Waals surface area contributed by atoms with Crippen molar-refractivity contribution < 1.29 is 18.8 Å². The fourth-order valence-corrected chi connectivity index (χ4v) is 3.30. The Labute approximate surface area is 149 Å². The summed E-state index contributed by atoms with van der Waals surface area (Å²) in [6.45, 7) is 0.834. The SMILES string of the molecule is O=C(Cn1cc(-c2ccc(F)cc2)cn1)N1CC(N2C(=O)CCC2=O)C1. The maximum atomic E-state index is 13.0. The van der Waals surface area contributed by atoms with E-state index in [1.54, 1.807) is 29.4 Å². The van der Waals surface area contributed by atoms with Crippen molar-refractivity contribution in [3.05, 3.63) is 42.5 Å². The molecule has 2 fully saturated rings. The van der Waals surface area contributed by atoms with Gasteiger partial charge in [-0.2, -0.15) is 5.10 Å². The molecule has 0 atom stereocenters. The van der Waals surface area contributed by atoms with E-state index in [9.17, 15) is 18.8 Å². The van der Waals surface area contributed by atoms with E-state index < -0.39 is 0 Å². The Balaban J connectivity index is 1.34. The van der Waals surface area contributed by atoms with Gasteiger partial charge in [-0.25, -0.2) is 4.39 Å². The van der Waals surface area contributed by atoms with Crippen LogP contribution in [0.1, 0.15) is 12.8 Å². The lowest BCUT2D eigenvalue weighted by Crippen LogP contribution is -2.62. The third kappa shape index (κ3) is 2.98. The van der Waals surface area contributed by atoms with Crippen molar-refractivity contribution >= 4 is 17.7 Å².